The maximum absolute atomic E-state index is 11.9. The van der Waals surface area contributed by atoms with Gasteiger partial charge >= 0.3 is 0 Å². The van der Waals surface area contributed by atoms with Gasteiger partial charge in [-0.15, -0.1) is 0 Å². The predicted molar refractivity (Wildman–Crippen MR) is 111 cm³/mol. The van der Waals surface area contributed by atoms with E-state index in [-0.39, 0.29) is 11.7 Å². The molecule has 1 aliphatic carbocycles. The van der Waals surface area contributed by atoms with E-state index in [1.807, 2.05) is 0 Å². The van der Waals surface area contributed by atoms with Crippen LogP contribution in [0.25, 0.3) is 0 Å². The van der Waals surface area contributed by atoms with E-state index in [9.17, 15) is 4.79 Å². The van der Waals surface area contributed by atoms with Crippen molar-refractivity contribution in [3.63, 3.8) is 0 Å². The molecule has 26 heavy (non-hydrogen) atoms. The van der Waals surface area contributed by atoms with Gasteiger partial charge < -0.3 is 11.1 Å². The van der Waals surface area contributed by atoms with Crippen LogP contribution in [0.4, 0.5) is 0 Å². The summed E-state index contributed by atoms with van der Waals surface area (Å²) in [6.07, 6.45) is 23.3. The highest BCUT2D eigenvalue weighted by molar-refractivity contribution is 5.94. The Kier molecular flexibility index (Phi) is 12.1. The van der Waals surface area contributed by atoms with Gasteiger partial charge in [-0.1, -0.05) is 70.4 Å². The molecular formula is C22H41N3O. The second-order valence-electron chi connectivity index (χ2n) is 7.88. The minimum atomic E-state index is -0.487. The third kappa shape index (κ3) is 10.6. The fourth-order valence-electron chi connectivity index (χ4n) is 3.27. The molecular weight excluding hydrogens is 322 g/mol. The van der Waals surface area contributed by atoms with Crippen molar-refractivity contribution in [3.8, 4) is 0 Å². The molecule has 0 radical (unpaired) electrons. The summed E-state index contributed by atoms with van der Waals surface area (Å²) in [5, 5.41) is 10.4. The topological polar surface area (TPSA) is 79.0 Å². The molecule has 0 saturated heterocycles. The predicted octanol–water partition coefficient (Wildman–Crippen LogP) is 5.61. The number of unbranched alkanes of at least 4 members (excludes halogenated alkanes) is 11. The largest absolute Gasteiger partial charge is 0.386 e. The van der Waals surface area contributed by atoms with Crippen molar-refractivity contribution in [2.45, 2.75) is 115 Å². The third-order valence-corrected chi connectivity index (χ3v) is 5.31. The molecule has 0 spiro atoms. The minimum Gasteiger partial charge on any atom is -0.386 e. The first-order chi connectivity index (χ1) is 12.6. The molecule has 0 bridgehead atoms. The lowest BCUT2D eigenvalue weighted by Crippen LogP contribution is -2.46. The first kappa shape index (κ1) is 22.7. The fourth-order valence-corrected chi connectivity index (χ4v) is 3.27. The molecule has 4 N–H and O–H groups in total. The number of allylic oxidation sites excluding steroid dienone is 2. The van der Waals surface area contributed by atoms with E-state index in [2.05, 4.69) is 24.4 Å². The number of rotatable bonds is 17. The average molecular weight is 364 g/mol. The number of carbonyl (C=O) groups is 1. The molecule has 0 heterocycles. The summed E-state index contributed by atoms with van der Waals surface area (Å²) in [6, 6.07) is 0. The van der Waals surface area contributed by atoms with E-state index >= 15 is 0 Å². The van der Waals surface area contributed by atoms with Gasteiger partial charge in [0.05, 0.1) is 5.54 Å². The Hall–Kier alpha value is -1.32. The first-order valence-electron chi connectivity index (χ1n) is 10.9. The number of carbonyl (C=O) groups excluding carboxylic acids is 1. The second kappa shape index (κ2) is 13.8. The van der Waals surface area contributed by atoms with E-state index in [0.29, 0.717) is 6.42 Å². The van der Waals surface area contributed by atoms with E-state index in [0.717, 1.165) is 25.7 Å². The highest BCUT2D eigenvalue weighted by Crippen LogP contribution is 2.35. The smallest absolute Gasteiger partial charge is 0.220 e. The molecule has 0 aromatic heterocycles. The number of hydrogen-bond acceptors (Lipinski definition) is 2. The maximum atomic E-state index is 11.9. The monoisotopic (exact) mass is 363 g/mol. The van der Waals surface area contributed by atoms with Gasteiger partial charge in [0.2, 0.25) is 5.91 Å². The molecule has 0 atom stereocenters. The van der Waals surface area contributed by atoms with Gasteiger partial charge in [0.1, 0.15) is 5.84 Å². The molecule has 0 aromatic rings. The van der Waals surface area contributed by atoms with Gasteiger partial charge in [0.25, 0.3) is 0 Å². The molecule has 1 fully saturated rings. The van der Waals surface area contributed by atoms with Gasteiger partial charge in [-0.2, -0.15) is 0 Å². The van der Waals surface area contributed by atoms with Crippen molar-refractivity contribution in [3.05, 3.63) is 12.2 Å². The molecule has 0 aliphatic heterocycles. The maximum Gasteiger partial charge on any atom is 0.220 e. The molecule has 1 aliphatic rings. The average Bonchev–Trinajstić information content (AvgIpc) is 3.39. The molecule has 4 nitrogen and oxygen atoms in total. The highest BCUT2D eigenvalue weighted by atomic mass is 16.1. The molecule has 4 heteroatoms. The van der Waals surface area contributed by atoms with E-state index in [1.54, 1.807) is 0 Å². The van der Waals surface area contributed by atoms with Gasteiger partial charge in [0.15, 0.2) is 0 Å². The van der Waals surface area contributed by atoms with Crippen LogP contribution in [-0.4, -0.2) is 17.3 Å². The Labute approximate surface area is 160 Å². The zero-order valence-electron chi connectivity index (χ0n) is 17.0. The van der Waals surface area contributed by atoms with Crippen LogP contribution in [0.1, 0.15) is 110 Å². The lowest BCUT2D eigenvalue weighted by atomic mass is 10.1. The molecule has 150 valence electrons. The van der Waals surface area contributed by atoms with Gasteiger partial charge in [0, 0.05) is 6.42 Å². The second-order valence-corrected chi connectivity index (χ2v) is 7.88. The lowest BCUT2D eigenvalue weighted by Gasteiger charge is -2.15. The van der Waals surface area contributed by atoms with Crippen LogP contribution in [-0.2, 0) is 4.79 Å². The molecule has 0 unspecified atom stereocenters. The molecule has 1 rings (SSSR count). The minimum absolute atomic E-state index is 0.0512. The zero-order chi connectivity index (χ0) is 19.1. The van der Waals surface area contributed by atoms with Crippen LogP contribution in [0.15, 0.2) is 12.2 Å². The summed E-state index contributed by atoms with van der Waals surface area (Å²) in [7, 11) is 0. The van der Waals surface area contributed by atoms with E-state index < -0.39 is 5.54 Å². The zero-order valence-corrected chi connectivity index (χ0v) is 17.0. The molecule has 0 aromatic carbocycles. The highest BCUT2D eigenvalue weighted by Gasteiger charge is 2.47. The Bertz CT molecular complexity index is 427. The quantitative estimate of drug-likeness (QED) is 0.136. The van der Waals surface area contributed by atoms with E-state index in [1.165, 1.54) is 70.6 Å². The van der Waals surface area contributed by atoms with E-state index in [4.69, 9.17) is 11.1 Å². The van der Waals surface area contributed by atoms with Crippen molar-refractivity contribution in [1.82, 2.24) is 5.32 Å². The van der Waals surface area contributed by atoms with Crippen LogP contribution in [0.5, 0.6) is 0 Å². The SMILES string of the molecule is CCCCCCCC/C=C\CCCCCCCC(=O)NC1(C(=N)N)CC1. The number of amidine groups is 1. The summed E-state index contributed by atoms with van der Waals surface area (Å²) in [6.45, 7) is 2.26. The van der Waals surface area contributed by atoms with Crippen molar-refractivity contribution < 1.29 is 4.79 Å². The van der Waals surface area contributed by atoms with Gasteiger partial charge in [-0.3, -0.25) is 10.2 Å². The normalized spacial score (nSPS) is 15.3. The third-order valence-electron chi connectivity index (χ3n) is 5.31. The Balaban J connectivity index is 1.82. The number of nitrogens with one attached hydrogen (secondary N) is 2. The van der Waals surface area contributed by atoms with Crippen molar-refractivity contribution in [2.24, 2.45) is 5.73 Å². The standard InChI is InChI=1S/C22H41N3O/c1-2-3-4-5-6-7-8-9-10-11-12-13-14-15-16-17-20(26)25-22(18-19-22)21(23)24/h9-10H,2-8,11-19H2,1H3,(H3,23,24)(H,25,26)/b10-9-. The van der Waals surface area contributed by atoms with Crippen molar-refractivity contribution in [1.29, 1.82) is 5.41 Å². The summed E-state index contributed by atoms with van der Waals surface area (Å²) < 4.78 is 0. The van der Waals surface area contributed by atoms with Crippen molar-refractivity contribution in [2.75, 3.05) is 0 Å². The summed E-state index contributed by atoms with van der Waals surface area (Å²) in [5.74, 6) is 0.158. The fraction of sp³-hybridized carbons (Fsp3) is 0.818. The molecule has 1 saturated carbocycles. The number of hydrogen-bond donors (Lipinski definition) is 3. The van der Waals surface area contributed by atoms with Crippen molar-refractivity contribution >= 4 is 11.7 Å². The van der Waals surface area contributed by atoms with Crippen LogP contribution in [0, 0.1) is 5.41 Å². The lowest BCUT2D eigenvalue weighted by molar-refractivity contribution is -0.121. The molecule has 1 amide bonds. The van der Waals surface area contributed by atoms with Gasteiger partial charge in [-0.05, 0) is 44.9 Å². The Morgan fingerprint density at radius 3 is 1.92 bits per heavy atom. The first-order valence-corrected chi connectivity index (χ1v) is 10.9. The van der Waals surface area contributed by atoms with Crippen LogP contribution in [0.3, 0.4) is 0 Å². The Morgan fingerprint density at radius 1 is 0.923 bits per heavy atom. The summed E-state index contributed by atoms with van der Waals surface area (Å²) >= 11 is 0. The Morgan fingerprint density at radius 2 is 1.42 bits per heavy atom. The number of amides is 1. The van der Waals surface area contributed by atoms with Crippen LogP contribution < -0.4 is 11.1 Å². The van der Waals surface area contributed by atoms with Crippen LogP contribution in [0.2, 0.25) is 0 Å². The van der Waals surface area contributed by atoms with Crippen LogP contribution >= 0.6 is 0 Å². The van der Waals surface area contributed by atoms with Gasteiger partial charge in [-0.25, -0.2) is 0 Å². The summed E-state index contributed by atoms with van der Waals surface area (Å²) in [5.41, 5.74) is 5.04. The summed E-state index contributed by atoms with van der Waals surface area (Å²) in [4.78, 5) is 11.9. The number of nitrogens with two attached hydrogens (primary N) is 1.